The fourth-order valence-corrected chi connectivity index (χ4v) is 3.06. The average molecular weight is 354 g/mol. The van der Waals surface area contributed by atoms with Crippen LogP contribution in [-0.4, -0.2) is 11.6 Å². The fraction of sp³-hybridized carbons (Fsp3) is 0.250. The number of ether oxygens (including phenoxy) is 2. The number of nitrogens with one attached hydrogen (secondary N) is 1. The van der Waals surface area contributed by atoms with E-state index >= 15 is 0 Å². The van der Waals surface area contributed by atoms with Gasteiger partial charge in [0.05, 0.1) is 6.61 Å². The van der Waals surface area contributed by atoms with E-state index in [2.05, 4.69) is 33.9 Å². The van der Waals surface area contributed by atoms with Crippen LogP contribution in [-0.2, 0) is 19.7 Å². The van der Waals surface area contributed by atoms with Crippen LogP contribution in [0.5, 0.6) is 11.5 Å². The fourth-order valence-electron chi connectivity index (χ4n) is 2.45. The van der Waals surface area contributed by atoms with E-state index in [4.69, 9.17) is 9.47 Å². The summed E-state index contributed by atoms with van der Waals surface area (Å²) in [7, 11) is 0. The third-order valence-corrected chi connectivity index (χ3v) is 4.49. The van der Waals surface area contributed by atoms with Crippen molar-refractivity contribution >= 4 is 11.3 Å². The summed E-state index contributed by atoms with van der Waals surface area (Å²) in [6, 6.07) is 14.2. The molecule has 2 aromatic heterocycles. The minimum absolute atomic E-state index is 0.566. The second-order valence-corrected chi connectivity index (χ2v) is 6.58. The Morgan fingerprint density at radius 1 is 1.00 bits per heavy atom. The van der Waals surface area contributed by atoms with Gasteiger partial charge in [-0.25, -0.2) is 0 Å². The van der Waals surface area contributed by atoms with Crippen LogP contribution in [0.4, 0.5) is 0 Å². The van der Waals surface area contributed by atoms with Gasteiger partial charge in [0.15, 0.2) is 11.5 Å². The minimum atomic E-state index is 0.566. The minimum Gasteiger partial charge on any atom is -0.490 e. The van der Waals surface area contributed by atoms with Gasteiger partial charge in [0.25, 0.3) is 0 Å². The Balaban J connectivity index is 1.59. The zero-order chi connectivity index (χ0) is 17.3. The summed E-state index contributed by atoms with van der Waals surface area (Å²) in [5, 5.41) is 5.48. The van der Waals surface area contributed by atoms with Crippen LogP contribution in [0.3, 0.4) is 0 Å². The van der Waals surface area contributed by atoms with Crippen LogP contribution in [0.25, 0.3) is 0 Å². The summed E-state index contributed by atoms with van der Waals surface area (Å²) >= 11 is 1.69. The molecule has 0 spiro atoms. The van der Waals surface area contributed by atoms with Gasteiger partial charge in [-0.2, -0.15) is 0 Å². The third kappa shape index (κ3) is 5.31. The molecule has 0 saturated carbocycles. The summed E-state index contributed by atoms with van der Waals surface area (Å²) in [4.78, 5) is 5.32. The molecule has 0 aliphatic heterocycles. The standard InChI is InChI=1S/C20H22N2O2S/c1-2-23-20-11-16(12-22-14-17-5-3-9-21-13-17)7-8-19(20)24-15-18-6-4-10-25-18/h3-11,13,22H,2,12,14-15H2,1H3. The summed E-state index contributed by atoms with van der Waals surface area (Å²) < 4.78 is 11.7. The Morgan fingerprint density at radius 3 is 2.68 bits per heavy atom. The number of aromatic nitrogens is 1. The Hall–Kier alpha value is -2.37. The van der Waals surface area contributed by atoms with E-state index in [-0.39, 0.29) is 0 Å². The van der Waals surface area contributed by atoms with Crippen molar-refractivity contribution in [1.82, 2.24) is 10.3 Å². The largest absolute Gasteiger partial charge is 0.490 e. The van der Waals surface area contributed by atoms with Crippen LogP contribution in [0.1, 0.15) is 22.9 Å². The van der Waals surface area contributed by atoms with Gasteiger partial charge in [-0.1, -0.05) is 18.2 Å². The van der Waals surface area contributed by atoms with Crippen molar-refractivity contribution in [3.63, 3.8) is 0 Å². The number of nitrogens with zero attached hydrogens (tertiary/aromatic N) is 1. The van der Waals surface area contributed by atoms with E-state index in [0.29, 0.717) is 13.2 Å². The first-order chi connectivity index (χ1) is 12.3. The van der Waals surface area contributed by atoms with Crippen molar-refractivity contribution < 1.29 is 9.47 Å². The highest BCUT2D eigenvalue weighted by Crippen LogP contribution is 2.29. The molecule has 5 heteroatoms. The summed E-state index contributed by atoms with van der Waals surface area (Å²) in [6.07, 6.45) is 3.66. The Kier molecular flexibility index (Phi) is 6.42. The van der Waals surface area contributed by atoms with Gasteiger partial charge in [-0.3, -0.25) is 4.98 Å². The lowest BCUT2D eigenvalue weighted by molar-refractivity contribution is 0.271. The Labute approximate surface area is 152 Å². The molecule has 0 saturated heterocycles. The Bertz CT molecular complexity index is 761. The molecule has 4 nitrogen and oxygen atoms in total. The lowest BCUT2D eigenvalue weighted by atomic mass is 10.2. The molecule has 0 fully saturated rings. The van der Waals surface area contributed by atoms with Gasteiger partial charge in [-0.05, 0) is 47.7 Å². The first-order valence-electron chi connectivity index (χ1n) is 8.35. The third-order valence-electron chi connectivity index (χ3n) is 3.64. The van der Waals surface area contributed by atoms with Gasteiger partial charge in [0.2, 0.25) is 0 Å². The molecule has 0 atom stereocenters. The van der Waals surface area contributed by atoms with E-state index in [9.17, 15) is 0 Å². The molecule has 0 radical (unpaired) electrons. The molecule has 1 N–H and O–H groups in total. The molecule has 1 aromatic carbocycles. The predicted octanol–water partition coefficient (Wildman–Crippen LogP) is 4.41. The monoisotopic (exact) mass is 354 g/mol. The van der Waals surface area contributed by atoms with Crippen LogP contribution < -0.4 is 14.8 Å². The molecule has 0 aliphatic rings. The normalized spacial score (nSPS) is 10.6. The number of rotatable bonds is 9. The maximum atomic E-state index is 5.92. The molecule has 0 bridgehead atoms. The van der Waals surface area contributed by atoms with Crippen molar-refractivity contribution in [2.24, 2.45) is 0 Å². The molecule has 25 heavy (non-hydrogen) atoms. The molecule has 3 aromatic rings. The van der Waals surface area contributed by atoms with Crippen molar-refractivity contribution in [3.05, 3.63) is 76.2 Å². The molecule has 3 rings (SSSR count). The second-order valence-electron chi connectivity index (χ2n) is 5.55. The van der Waals surface area contributed by atoms with E-state index in [1.165, 1.54) is 10.4 Å². The van der Waals surface area contributed by atoms with Crippen LogP contribution in [0, 0.1) is 0 Å². The first kappa shape index (κ1) is 17.5. The van der Waals surface area contributed by atoms with Crippen LogP contribution in [0.2, 0.25) is 0 Å². The van der Waals surface area contributed by atoms with Crippen molar-refractivity contribution in [2.75, 3.05) is 6.61 Å². The van der Waals surface area contributed by atoms with Crippen molar-refractivity contribution in [2.45, 2.75) is 26.6 Å². The highest BCUT2D eigenvalue weighted by molar-refractivity contribution is 7.09. The zero-order valence-electron chi connectivity index (χ0n) is 14.3. The van der Waals surface area contributed by atoms with Gasteiger partial charge < -0.3 is 14.8 Å². The summed E-state index contributed by atoms with van der Waals surface area (Å²) in [6.45, 7) is 4.71. The number of hydrogen-bond donors (Lipinski definition) is 1. The number of hydrogen-bond acceptors (Lipinski definition) is 5. The van der Waals surface area contributed by atoms with Crippen molar-refractivity contribution in [3.8, 4) is 11.5 Å². The van der Waals surface area contributed by atoms with Crippen molar-refractivity contribution in [1.29, 1.82) is 0 Å². The summed E-state index contributed by atoms with van der Waals surface area (Å²) in [5.74, 6) is 1.57. The highest BCUT2D eigenvalue weighted by Gasteiger charge is 2.07. The average Bonchev–Trinajstić information content (AvgIpc) is 3.16. The molecule has 0 aliphatic carbocycles. The maximum absolute atomic E-state index is 5.92. The molecule has 0 unspecified atom stereocenters. The number of thiophene rings is 1. The quantitative estimate of drug-likeness (QED) is 0.618. The van der Waals surface area contributed by atoms with Gasteiger partial charge >= 0.3 is 0 Å². The Morgan fingerprint density at radius 2 is 1.92 bits per heavy atom. The molecular formula is C20H22N2O2S. The lowest BCUT2D eigenvalue weighted by Crippen LogP contribution is -2.13. The zero-order valence-corrected chi connectivity index (χ0v) is 15.1. The van der Waals surface area contributed by atoms with Gasteiger partial charge in [0, 0.05) is 30.4 Å². The van der Waals surface area contributed by atoms with Gasteiger partial charge in [-0.15, -0.1) is 11.3 Å². The van der Waals surface area contributed by atoms with E-state index in [1.54, 1.807) is 17.5 Å². The van der Waals surface area contributed by atoms with E-state index in [0.717, 1.165) is 30.2 Å². The van der Waals surface area contributed by atoms with E-state index < -0.39 is 0 Å². The SMILES string of the molecule is CCOc1cc(CNCc2cccnc2)ccc1OCc1cccs1. The van der Waals surface area contributed by atoms with Crippen LogP contribution in [0.15, 0.2) is 60.2 Å². The predicted molar refractivity (Wildman–Crippen MR) is 101 cm³/mol. The molecule has 0 amide bonds. The van der Waals surface area contributed by atoms with Crippen LogP contribution >= 0.6 is 11.3 Å². The second kappa shape index (κ2) is 9.20. The summed E-state index contributed by atoms with van der Waals surface area (Å²) in [5.41, 5.74) is 2.33. The smallest absolute Gasteiger partial charge is 0.161 e. The number of benzene rings is 1. The van der Waals surface area contributed by atoms with Gasteiger partial charge in [0.1, 0.15) is 6.61 Å². The highest BCUT2D eigenvalue weighted by atomic mass is 32.1. The molecule has 2 heterocycles. The lowest BCUT2D eigenvalue weighted by Gasteiger charge is -2.13. The molecule has 130 valence electrons. The molecular weight excluding hydrogens is 332 g/mol. The number of pyridine rings is 1. The first-order valence-corrected chi connectivity index (χ1v) is 9.23. The topological polar surface area (TPSA) is 43.4 Å². The maximum Gasteiger partial charge on any atom is 0.161 e. The van der Waals surface area contributed by atoms with E-state index in [1.807, 2.05) is 37.4 Å².